The fourth-order valence-corrected chi connectivity index (χ4v) is 3.32. The molecular formula is C16H16FN3S. The number of fused-ring (bicyclic) bond motifs is 1. The van der Waals surface area contributed by atoms with Crippen LogP contribution in [0.5, 0.6) is 0 Å². The summed E-state index contributed by atoms with van der Waals surface area (Å²) in [5.74, 6) is 0.689. The van der Waals surface area contributed by atoms with Crippen molar-refractivity contribution in [2.24, 2.45) is 0 Å². The molecule has 0 amide bonds. The quantitative estimate of drug-likeness (QED) is 0.788. The van der Waals surface area contributed by atoms with Crippen LogP contribution in [0.15, 0.2) is 29.9 Å². The molecule has 2 heterocycles. The average molecular weight is 301 g/mol. The molecular weight excluding hydrogens is 285 g/mol. The van der Waals surface area contributed by atoms with E-state index in [2.05, 4.69) is 27.6 Å². The minimum atomic E-state index is -0.184. The smallest absolute Gasteiger partial charge is 0.147 e. The number of nitrogens with zero attached hydrogens (tertiary/aromatic N) is 2. The van der Waals surface area contributed by atoms with Crippen molar-refractivity contribution in [2.75, 3.05) is 11.9 Å². The number of anilines is 1. The average Bonchev–Trinajstić information content (AvgIpc) is 2.84. The Bertz CT molecular complexity index is 782. The first-order valence-corrected chi connectivity index (χ1v) is 7.71. The molecule has 0 saturated carbocycles. The van der Waals surface area contributed by atoms with E-state index in [1.807, 2.05) is 13.0 Å². The summed E-state index contributed by atoms with van der Waals surface area (Å²) < 4.78 is 14.2. The van der Waals surface area contributed by atoms with Crippen molar-refractivity contribution in [3.05, 3.63) is 52.4 Å². The molecule has 3 aromatic rings. The molecule has 0 spiro atoms. The standard InChI is InChI=1S/C16H16FN3S/c1-10-7-13(17)4-3-12(10)5-6-18-16-15-14(19-9-20-16)11(2)8-21-15/h3-4,7-9H,5-6H2,1-2H3,(H,18,19,20). The molecule has 2 aromatic heterocycles. The summed E-state index contributed by atoms with van der Waals surface area (Å²) in [5.41, 5.74) is 4.32. The van der Waals surface area contributed by atoms with Gasteiger partial charge < -0.3 is 5.32 Å². The Kier molecular flexibility index (Phi) is 3.84. The van der Waals surface area contributed by atoms with E-state index in [1.165, 1.54) is 11.6 Å². The molecule has 0 unspecified atom stereocenters. The first-order chi connectivity index (χ1) is 10.1. The number of rotatable bonds is 4. The maximum atomic E-state index is 13.1. The second kappa shape index (κ2) is 5.77. The van der Waals surface area contributed by atoms with Gasteiger partial charge in [0.2, 0.25) is 0 Å². The van der Waals surface area contributed by atoms with Gasteiger partial charge in [-0.3, -0.25) is 0 Å². The van der Waals surface area contributed by atoms with E-state index in [0.717, 1.165) is 40.1 Å². The van der Waals surface area contributed by atoms with E-state index >= 15 is 0 Å². The van der Waals surface area contributed by atoms with E-state index in [4.69, 9.17) is 0 Å². The number of halogens is 1. The summed E-state index contributed by atoms with van der Waals surface area (Å²) in [5, 5.41) is 5.45. The second-order valence-electron chi connectivity index (χ2n) is 5.07. The van der Waals surface area contributed by atoms with Crippen molar-refractivity contribution in [3.63, 3.8) is 0 Å². The molecule has 0 aliphatic rings. The van der Waals surface area contributed by atoms with Crippen LogP contribution >= 0.6 is 11.3 Å². The van der Waals surface area contributed by atoms with Crippen molar-refractivity contribution < 1.29 is 4.39 Å². The van der Waals surface area contributed by atoms with Crippen LogP contribution in [0.2, 0.25) is 0 Å². The summed E-state index contributed by atoms with van der Waals surface area (Å²) in [4.78, 5) is 8.63. The molecule has 0 saturated heterocycles. The lowest BCUT2D eigenvalue weighted by atomic mass is 10.1. The van der Waals surface area contributed by atoms with Gasteiger partial charge in [-0.15, -0.1) is 11.3 Å². The Morgan fingerprint density at radius 1 is 1.19 bits per heavy atom. The topological polar surface area (TPSA) is 37.8 Å². The molecule has 0 fully saturated rings. The predicted molar refractivity (Wildman–Crippen MR) is 85.5 cm³/mol. The summed E-state index contributed by atoms with van der Waals surface area (Å²) in [6.45, 7) is 4.75. The highest BCUT2D eigenvalue weighted by atomic mass is 32.1. The monoisotopic (exact) mass is 301 g/mol. The third-order valence-electron chi connectivity index (χ3n) is 3.52. The Balaban J connectivity index is 1.72. The van der Waals surface area contributed by atoms with E-state index in [-0.39, 0.29) is 5.82 Å². The molecule has 1 aromatic carbocycles. The number of hydrogen-bond acceptors (Lipinski definition) is 4. The zero-order chi connectivity index (χ0) is 14.8. The van der Waals surface area contributed by atoms with Crippen molar-refractivity contribution in [1.82, 2.24) is 9.97 Å². The van der Waals surface area contributed by atoms with Crippen LogP contribution in [-0.4, -0.2) is 16.5 Å². The number of hydrogen-bond donors (Lipinski definition) is 1. The van der Waals surface area contributed by atoms with E-state index < -0.39 is 0 Å². The lowest BCUT2D eigenvalue weighted by Crippen LogP contribution is -2.07. The molecule has 0 bridgehead atoms. The highest BCUT2D eigenvalue weighted by molar-refractivity contribution is 7.18. The molecule has 0 radical (unpaired) electrons. The molecule has 1 N–H and O–H groups in total. The molecule has 108 valence electrons. The van der Waals surface area contributed by atoms with Gasteiger partial charge in [0.25, 0.3) is 0 Å². The zero-order valence-electron chi connectivity index (χ0n) is 12.0. The van der Waals surface area contributed by atoms with Crippen LogP contribution in [0.4, 0.5) is 10.2 Å². The Morgan fingerprint density at radius 2 is 2.05 bits per heavy atom. The Morgan fingerprint density at radius 3 is 2.86 bits per heavy atom. The van der Waals surface area contributed by atoms with E-state index in [1.54, 1.807) is 23.7 Å². The van der Waals surface area contributed by atoms with Gasteiger partial charge in [-0.25, -0.2) is 14.4 Å². The lowest BCUT2D eigenvalue weighted by molar-refractivity contribution is 0.625. The zero-order valence-corrected chi connectivity index (χ0v) is 12.8. The summed E-state index contributed by atoms with van der Waals surface area (Å²) in [7, 11) is 0. The van der Waals surface area contributed by atoms with Gasteiger partial charge in [-0.2, -0.15) is 0 Å². The number of nitrogens with one attached hydrogen (secondary N) is 1. The van der Waals surface area contributed by atoms with Crippen LogP contribution in [0, 0.1) is 19.7 Å². The largest absolute Gasteiger partial charge is 0.368 e. The van der Waals surface area contributed by atoms with Gasteiger partial charge in [0, 0.05) is 6.54 Å². The summed E-state index contributed by atoms with van der Waals surface area (Å²) in [6.07, 6.45) is 2.43. The van der Waals surface area contributed by atoms with Gasteiger partial charge in [-0.1, -0.05) is 6.07 Å². The van der Waals surface area contributed by atoms with Gasteiger partial charge >= 0.3 is 0 Å². The van der Waals surface area contributed by atoms with Gasteiger partial charge in [0.05, 0.1) is 10.2 Å². The van der Waals surface area contributed by atoms with Crippen molar-refractivity contribution in [2.45, 2.75) is 20.3 Å². The fourth-order valence-electron chi connectivity index (χ4n) is 2.35. The molecule has 0 atom stereocenters. The number of thiophene rings is 1. The Labute approximate surface area is 126 Å². The molecule has 0 aliphatic carbocycles. The van der Waals surface area contributed by atoms with Gasteiger partial charge in [0.15, 0.2) is 0 Å². The lowest BCUT2D eigenvalue weighted by Gasteiger charge is -2.08. The van der Waals surface area contributed by atoms with Crippen LogP contribution in [-0.2, 0) is 6.42 Å². The minimum Gasteiger partial charge on any atom is -0.368 e. The molecule has 3 rings (SSSR count). The van der Waals surface area contributed by atoms with Crippen LogP contribution in [0.1, 0.15) is 16.7 Å². The van der Waals surface area contributed by atoms with Crippen molar-refractivity contribution in [3.8, 4) is 0 Å². The second-order valence-corrected chi connectivity index (χ2v) is 5.95. The van der Waals surface area contributed by atoms with Gasteiger partial charge in [-0.05, 0) is 54.5 Å². The number of aryl methyl sites for hydroxylation is 2. The molecule has 21 heavy (non-hydrogen) atoms. The third-order valence-corrected chi connectivity index (χ3v) is 4.62. The molecule has 5 heteroatoms. The predicted octanol–water partition coefficient (Wildman–Crippen LogP) is 4.10. The molecule has 0 aliphatic heterocycles. The number of aromatic nitrogens is 2. The highest BCUT2D eigenvalue weighted by Crippen LogP contribution is 2.28. The summed E-state index contributed by atoms with van der Waals surface area (Å²) >= 11 is 1.65. The first kappa shape index (κ1) is 13.9. The van der Waals surface area contributed by atoms with Crippen LogP contribution in [0.3, 0.4) is 0 Å². The SMILES string of the molecule is Cc1cc(F)ccc1CCNc1ncnc2c(C)csc12. The minimum absolute atomic E-state index is 0.184. The maximum Gasteiger partial charge on any atom is 0.147 e. The van der Waals surface area contributed by atoms with Crippen molar-refractivity contribution >= 4 is 27.4 Å². The first-order valence-electron chi connectivity index (χ1n) is 6.83. The van der Waals surface area contributed by atoms with E-state index in [0.29, 0.717) is 0 Å². The fraction of sp³-hybridized carbons (Fsp3) is 0.250. The van der Waals surface area contributed by atoms with Crippen LogP contribution in [0.25, 0.3) is 10.2 Å². The molecule has 3 nitrogen and oxygen atoms in total. The van der Waals surface area contributed by atoms with E-state index in [9.17, 15) is 4.39 Å². The normalized spacial score (nSPS) is 11.0. The third kappa shape index (κ3) is 2.88. The maximum absolute atomic E-state index is 13.1. The number of benzene rings is 1. The van der Waals surface area contributed by atoms with Gasteiger partial charge in [0.1, 0.15) is 18.0 Å². The van der Waals surface area contributed by atoms with Crippen molar-refractivity contribution in [1.29, 1.82) is 0 Å². The summed E-state index contributed by atoms with van der Waals surface area (Å²) in [6, 6.07) is 4.92. The van der Waals surface area contributed by atoms with Crippen LogP contribution < -0.4 is 5.32 Å². The highest BCUT2D eigenvalue weighted by Gasteiger charge is 2.07. The Hall–Kier alpha value is -2.01.